The molecule has 1 saturated heterocycles. The van der Waals surface area contributed by atoms with Gasteiger partial charge in [-0.25, -0.2) is 31.1 Å². The molecule has 0 spiro atoms. The van der Waals surface area contributed by atoms with Gasteiger partial charge in [0.25, 0.3) is 0 Å². The summed E-state index contributed by atoms with van der Waals surface area (Å²) in [6, 6.07) is 2.49. The van der Waals surface area contributed by atoms with Crippen molar-refractivity contribution in [2.75, 3.05) is 39.5 Å². The first kappa shape index (κ1) is 39.0. The molecule has 250 valence electrons. The van der Waals surface area contributed by atoms with E-state index in [0.29, 0.717) is 30.6 Å². The summed E-state index contributed by atoms with van der Waals surface area (Å²) in [6.07, 6.45) is -1.51. The average molecular weight is 673 g/mol. The third-order valence-electron chi connectivity index (χ3n) is 6.37. The van der Waals surface area contributed by atoms with E-state index in [9.17, 15) is 44.4 Å². The Kier molecular flexibility index (Phi) is 14.9. The molecular formula is C26H39F3N4O9S2. The van der Waals surface area contributed by atoms with Crippen LogP contribution in [0.3, 0.4) is 0 Å². The molecule has 2 rings (SSSR count). The van der Waals surface area contributed by atoms with Crippen LogP contribution in [0.15, 0.2) is 41.3 Å². The maximum absolute atomic E-state index is 13.4. The Morgan fingerprint density at radius 2 is 1.61 bits per heavy atom. The number of carboxylic acid groups (broad SMARTS) is 2. The number of rotatable bonds is 13. The van der Waals surface area contributed by atoms with Gasteiger partial charge in [0.2, 0.25) is 26.0 Å². The van der Waals surface area contributed by atoms with Gasteiger partial charge in [0.15, 0.2) is 0 Å². The fraction of sp³-hybridized carbons (Fsp3) is 0.577. The normalized spacial score (nSPS) is 15.7. The van der Waals surface area contributed by atoms with E-state index in [1.807, 2.05) is 13.8 Å². The van der Waals surface area contributed by atoms with Crippen LogP contribution in [-0.4, -0.2) is 106 Å². The molecule has 1 aliphatic rings. The van der Waals surface area contributed by atoms with Crippen molar-refractivity contribution in [1.82, 2.24) is 19.2 Å². The zero-order chi connectivity index (χ0) is 33.9. The quantitative estimate of drug-likeness (QED) is 0.224. The lowest BCUT2D eigenvalue weighted by atomic mass is 10.00. The number of likely N-dealkylation sites (tertiary alicyclic amines) is 1. The Morgan fingerprint density at radius 1 is 1.07 bits per heavy atom. The molecule has 13 nitrogen and oxygen atoms in total. The summed E-state index contributed by atoms with van der Waals surface area (Å²) >= 11 is 0. The van der Waals surface area contributed by atoms with Gasteiger partial charge in [0.1, 0.15) is 0 Å². The molecular weight excluding hydrogens is 633 g/mol. The fourth-order valence-corrected chi connectivity index (χ4v) is 6.55. The zero-order valence-electron chi connectivity index (χ0n) is 24.7. The molecule has 18 heteroatoms. The first-order valence-corrected chi connectivity index (χ1v) is 16.8. The number of alkyl halides is 3. The maximum Gasteiger partial charge on any atom is 0.416 e. The number of aliphatic carboxylic acids is 2. The summed E-state index contributed by atoms with van der Waals surface area (Å²) in [5.74, 6) is -2.31. The number of amides is 1. The lowest BCUT2D eigenvalue weighted by Gasteiger charge is -2.39. The lowest BCUT2D eigenvalue weighted by molar-refractivity contribution is -0.138. The van der Waals surface area contributed by atoms with Crippen LogP contribution in [0.2, 0.25) is 0 Å². The summed E-state index contributed by atoms with van der Waals surface area (Å²) in [5, 5.41) is 18.6. The van der Waals surface area contributed by atoms with E-state index in [1.54, 1.807) is 11.9 Å². The predicted molar refractivity (Wildman–Crippen MR) is 154 cm³/mol. The SMILES string of the molecule is CN[C@@H](CC(C)C)C(=O)N1CCC(N(CCNS(C)(=O)=O)S(=O)(=O)c2cccc(C(F)(F)F)c2)CC1.O=C(O)C=CC(=O)O. The zero-order valence-corrected chi connectivity index (χ0v) is 26.4. The van der Waals surface area contributed by atoms with Crippen molar-refractivity contribution in [3.8, 4) is 0 Å². The lowest BCUT2D eigenvalue weighted by Crippen LogP contribution is -2.53. The molecule has 1 aromatic carbocycles. The van der Waals surface area contributed by atoms with Crippen molar-refractivity contribution in [3.63, 3.8) is 0 Å². The summed E-state index contributed by atoms with van der Waals surface area (Å²) in [7, 11) is -6.30. The number of nitrogens with one attached hydrogen (secondary N) is 2. The van der Waals surface area contributed by atoms with E-state index in [0.717, 1.165) is 28.8 Å². The highest BCUT2D eigenvalue weighted by molar-refractivity contribution is 7.89. The third-order valence-corrected chi connectivity index (χ3v) is 9.05. The first-order valence-electron chi connectivity index (χ1n) is 13.4. The van der Waals surface area contributed by atoms with Crippen LogP contribution in [-0.2, 0) is 40.6 Å². The number of nitrogens with zero attached hydrogens (tertiary/aromatic N) is 2. The number of hydrogen-bond donors (Lipinski definition) is 4. The number of carbonyl (C=O) groups excluding carboxylic acids is 1. The highest BCUT2D eigenvalue weighted by atomic mass is 32.2. The monoisotopic (exact) mass is 672 g/mol. The number of piperidine rings is 1. The molecule has 1 fully saturated rings. The number of carboxylic acids is 2. The van der Waals surface area contributed by atoms with Gasteiger partial charge in [-0.15, -0.1) is 0 Å². The molecule has 44 heavy (non-hydrogen) atoms. The van der Waals surface area contributed by atoms with Gasteiger partial charge in [0.05, 0.1) is 22.8 Å². The molecule has 0 aliphatic carbocycles. The number of hydrogen-bond acceptors (Lipinski definition) is 8. The average Bonchev–Trinajstić information content (AvgIpc) is 2.92. The summed E-state index contributed by atoms with van der Waals surface area (Å²) < 4.78 is 92.8. The van der Waals surface area contributed by atoms with E-state index >= 15 is 0 Å². The molecule has 0 saturated carbocycles. The summed E-state index contributed by atoms with van der Waals surface area (Å²) in [4.78, 5) is 33.2. The van der Waals surface area contributed by atoms with E-state index < -0.39 is 54.7 Å². The van der Waals surface area contributed by atoms with Gasteiger partial charge in [-0.2, -0.15) is 17.5 Å². The van der Waals surface area contributed by atoms with Gasteiger partial charge in [-0.1, -0.05) is 19.9 Å². The van der Waals surface area contributed by atoms with Crippen LogP contribution < -0.4 is 10.0 Å². The van der Waals surface area contributed by atoms with Gasteiger partial charge in [0, 0.05) is 44.4 Å². The van der Waals surface area contributed by atoms with E-state index in [2.05, 4.69) is 10.0 Å². The van der Waals surface area contributed by atoms with Gasteiger partial charge >= 0.3 is 18.1 Å². The number of halogens is 3. The van der Waals surface area contributed by atoms with Crippen molar-refractivity contribution in [1.29, 1.82) is 0 Å². The van der Waals surface area contributed by atoms with Crippen LogP contribution in [0, 0.1) is 5.92 Å². The van der Waals surface area contributed by atoms with E-state index in [4.69, 9.17) is 10.2 Å². The molecule has 1 heterocycles. The predicted octanol–water partition coefficient (Wildman–Crippen LogP) is 1.58. The number of benzene rings is 1. The van der Waals surface area contributed by atoms with Crippen LogP contribution in [0.4, 0.5) is 13.2 Å². The Balaban J connectivity index is 0.00000106. The first-order chi connectivity index (χ1) is 20.2. The Labute approximate surface area is 255 Å². The number of likely N-dealkylation sites (N-methyl/N-ethyl adjacent to an activating group) is 1. The molecule has 1 aromatic rings. The standard InChI is InChI=1S/C22H35F3N4O5S2.C4H4O4/c1-16(2)14-20(26-3)21(30)28-11-8-18(9-12-28)29(13-10-27-35(4,31)32)36(33,34)19-7-5-6-17(15-19)22(23,24)25;5-3(6)1-2-4(7)8/h5-7,15-16,18,20,26-27H,8-14H2,1-4H3;1-2H,(H,5,6)(H,7,8)/t20-;/m0./s1. The van der Waals surface area contributed by atoms with Crippen molar-refractivity contribution >= 4 is 37.9 Å². The Morgan fingerprint density at radius 3 is 2.05 bits per heavy atom. The molecule has 4 N–H and O–H groups in total. The van der Waals surface area contributed by atoms with Gasteiger partial charge < -0.3 is 20.4 Å². The highest BCUT2D eigenvalue weighted by Crippen LogP contribution is 2.32. The molecule has 0 aromatic heterocycles. The third kappa shape index (κ3) is 13.3. The van der Waals surface area contributed by atoms with Crippen molar-refractivity contribution in [2.24, 2.45) is 5.92 Å². The van der Waals surface area contributed by atoms with Crippen molar-refractivity contribution in [3.05, 3.63) is 42.0 Å². The molecule has 1 aliphatic heterocycles. The number of sulfonamides is 2. The Hall–Kier alpha value is -3.06. The van der Waals surface area contributed by atoms with Crippen LogP contribution >= 0.6 is 0 Å². The van der Waals surface area contributed by atoms with Crippen LogP contribution in [0.25, 0.3) is 0 Å². The summed E-state index contributed by atoms with van der Waals surface area (Å²) in [6.45, 7) is 4.04. The minimum Gasteiger partial charge on any atom is -0.478 e. The summed E-state index contributed by atoms with van der Waals surface area (Å²) in [5.41, 5.74) is -1.10. The maximum atomic E-state index is 13.4. The molecule has 0 bridgehead atoms. The fourth-order valence-electron chi connectivity index (χ4n) is 4.36. The second kappa shape index (κ2) is 16.9. The van der Waals surface area contributed by atoms with Crippen LogP contribution in [0.1, 0.15) is 38.7 Å². The molecule has 0 radical (unpaired) electrons. The van der Waals surface area contributed by atoms with E-state index in [-0.39, 0.29) is 51.0 Å². The highest BCUT2D eigenvalue weighted by Gasteiger charge is 2.37. The Bertz CT molecular complexity index is 1360. The smallest absolute Gasteiger partial charge is 0.416 e. The second-order valence-electron chi connectivity index (χ2n) is 10.3. The van der Waals surface area contributed by atoms with E-state index in [1.165, 1.54) is 0 Å². The minimum atomic E-state index is -4.72. The van der Waals surface area contributed by atoms with Crippen molar-refractivity contribution in [2.45, 2.75) is 56.3 Å². The molecule has 1 amide bonds. The minimum absolute atomic E-state index is 0.0873. The molecule has 0 unspecified atom stereocenters. The largest absolute Gasteiger partial charge is 0.478 e. The topological polar surface area (TPSA) is 190 Å². The second-order valence-corrected chi connectivity index (χ2v) is 14.1. The van der Waals surface area contributed by atoms with Gasteiger partial charge in [-0.3, -0.25) is 4.79 Å². The van der Waals surface area contributed by atoms with Crippen LogP contribution in [0.5, 0.6) is 0 Å². The van der Waals surface area contributed by atoms with Crippen molar-refractivity contribution < 1.29 is 54.6 Å². The molecule has 1 atom stereocenters. The number of carbonyl (C=O) groups is 3. The van der Waals surface area contributed by atoms with Gasteiger partial charge in [-0.05, 0) is 50.4 Å².